The van der Waals surface area contributed by atoms with Gasteiger partial charge in [-0.3, -0.25) is 4.79 Å². The fourth-order valence-electron chi connectivity index (χ4n) is 3.03. The molecule has 124 valence electrons. The molecule has 0 bridgehead atoms. The first-order chi connectivity index (χ1) is 11.1. The van der Waals surface area contributed by atoms with Crippen LogP contribution in [-0.2, 0) is 11.2 Å². The first-order valence-corrected chi connectivity index (χ1v) is 8.92. The predicted molar refractivity (Wildman–Crippen MR) is 89.2 cm³/mol. The highest BCUT2D eigenvalue weighted by Gasteiger charge is 2.29. The molecule has 2 aromatic rings. The molecule has 1 fully saturated rings. The molecule has 1 N–H and O–H groups in total. The Morgan fingerprint density at radius 3 is 3.04 bits per heavy atom. The maximum absolute atomic E-state index is 12.7. The van der Waals surface area contributed by atoms with Crippen LogP contribution in [0.3, 0.4) is 0 Å². The Labute approximate surface area is 140 Å². The molecule has 1 amide bonds. The summed E-state index contributed by atoms with van der Waals surface area (Å²) in [6.07, 6.45) is 2.17. The maximum atomic E-state index is 12.7. The van der Waals surface area contributed by atoms with Crippen molar-refractivity contribution < 1.29 is 14.3 Å². The highest BCUT2D eigenvalue weighted by Crippen LogP contribution is 2.26. The lowest BCUT2D eigenvalue weighted by Gasteiger charge is -2.37. The van der Waals surface area contributed by atoms with Gasteiger partial charge in [0.15, 0.2) is 0 Å². The molecule has 2 atom stereocenters. The number of aliphatic hydroxyl groups excluding tert-OH is 1. The van der Waals surface area contributed by atoms with Gasteiger partial charge in [0, 0.05) is 30.1 Å². The first-order valence-electron chi connectivity index (χ1n) is 7.97. The highest BCUT2D eigenvalue weighted by molar-refractivity contribution is 7.08. The van der Waals surface area contributed by atoms with Gasteiger partial charge in [0.2, 0.25) is 11.8 Å². The van der Waals surface area contributed by atoms with Crippen LogP contribution in [0.2, 0.25) is 0 Å². The van der Waals surface area contributed by atoms with Gasteiger partial charge in [0.1, 0.15) is 5.76 Å². The Hall–Kier alpha value is -1.66. The lowest BCUT2D eigenvalue weighted by molar-refractivity contribution is -0.135. The summed E-state index contributed by atoms with van der Waals surface area (Å²) in [5.74, 6) is 1.52. The van der Waals surface area contributed by atoms with Gasteiger partial charge in [-0.2, -0.15) is 11.3 Å². The van der Waals surface area contributed by atoms with E-state index in [1.54, 1.807) is 11.3 Å². The molecule has 23 heavy (non-hydrogen) atoms. The first kappa shape index (κ1) is 16.2. The van der Waals surface area contributed by atoms with Crippen molar-refractivity contribution in [3.05, 3.63) is 28.3 Å². The number of carbonyl (C=O) groups excluding carboxylic acids is 1. The minimum Gasteiger partial charge on any atom is -0.441 e. The second kappa shape index (κ2) is 6.84. The summed E-state index contributed by atoms with van der Waals surface area (Å²) in [5.41, 5.74) is 1.65. The molecule has 2 aromatic heterocycles. The second-order valence-corrected chi connectivity index (χ2v) is 7.01. The molecule has 1 aliphatic rings. The van der Waals surface area contributed by atoms with Gasteiger partial charge in [-0.05, 0) is 44.1 Å². The van der Waals surface area contributed by atoms with E-state index in [1.807, 2.05) is 28.7 Å². The molecule has 0 aromatic carbocycles. The fourth-order valence-corrected chi connectivity index (χ4v) is 3.65. The van der Waals surface area contributed by atoms with E-state index in [4.69, 9.17) is 4.42 Å². The number of amides is 1. The van der Waals surface area contributed by atoms with Gasteiger partial charge in [-0.25, -0.2) is 4.98 Å². The van der Waals surface area contributed by atoms with Crippen LogP contribution in [0.25, 0.3) is 11.5 Å². The Bertz CT molecular complexity index is 665. The monoisotopic (exact) mass is 334 g/mol. The third-order valence-corrected chi connectivity index (χ3v) is 5.22. The van der Waals surface area contributed by atoms with Crippen LogP contribution < -0.4 is 0 Å². The van der Waals surface area contributed by atoms with Crippen LogP contribution in [0.5, 0.6) is 0 Å². The van der Waals surface area contributed by atoms with E-state index < -0.39 is 0 Å². The van der Waals surface area contributed by atoms with Crippen molar-refractivity contribution in [1.82, 2.24) is 9.88 Å². The van der Waals surface area contributed by atoms with Crippen molar-refractivity contribution in [2.75, 3.05) is 13.2 Å². The largest absolute Gasteiger partial charge is 0.441 e. The SMILES string of the molecule is Cc1oc(-c2ccsc2)nc1CC(=O)N1CC(CO)CCC1C. The van der Waals surface area contributed by atoms with Crippen LogP contribution in [-0.4, -0.2) is 40.1 Å². The normalized spacial score (nSPS) is 21.6. The molecule has 0 saturated carbocycles. The standard InChI is InChI=1S/C17H22N2O3S/c1-11-3-4-13(9-20)8-19(11)16(21)7-15-12(2)22-17(18-15)14-5-6-23-10-14/h5-6,10-11,13,20H,3-4,7-9H2,1-2H3. The second-order valence-electron chi connectivity index (χ2n) is 6.23. The molecule has 0 radical (unpaired) electrons. The molecular formula is C17H22N2O3S. The number of aliphatic hydroxyl groups is 1. The van der Waals surface area contributed by atoms with Crippen molar-refractivity contribution in [1.29, 1.82) is 0 Å². The molecule has 5 nitrogen and oxygen atoms in total. The smallest absolute Gasteiger partial charge is 0.228 e. The number of rotatable bonds is 4. The summed E-state index contributed by atoms with van der Waals surface area (Å²) < 4.78 is 5.70. The van der Waals surface area contributed by atoms with Crippen molar-refractivity contribution in [3.8, 4) is 11.5 Å². The molecular weight excluding hydrogens is 312 g/mol. The van der Waals surface area contributed by atoms with E-state index >= 15 is 0 Å². The number of nitrogens with zero attached hydrogens (tertiary/aromatic N) is 2. The maximum Gasteiger partial charge on any atom is 0.228 e. The van der Waals surface area contributed by atoms with E-state index in [-0.39, 0.29) is 30.9 Å². The Balaban J connectivity index is 1.72. The van der Waals surface area contributed by atoms with E-state index in [1.165, 1.54) is 0 Å². The van der Waals surface area contributed by atoms with Gasteiger partial charge in [-0.15, -0.1) is 0 Å². The van der Waals surface area contributed by atoms with Gasteiger partial charge >= 0.3 is 0 Å². The fraction of sp³-hybridized carbons (Fsp3) is 0.529. The summed E-state index contributed by atoms with van der Waals surface area (Å²) in [4.78, 5) is 19.0. The van der Waals surface area contributed by atoms with Gasteiger partial charge in [-0.1, -0.05) is 0 Å². The van der Waals surface area contributed by atoms with Gasteiger partial charge in [0.25, 0.3) is 0 Å². The van der Waals surface area contributed by atoms with E-state index in [0.717, 1.165) is 18.4 Å². The molecule has 6 heteroatoms. The predicted octanol–water partition coefficient (Wildman–Crippen LogP) is 2.87. The number of aromatic nitrogens is 1. The number of oxazole rings is 1. The van der Waals surface area contributed by atoms with Crippen LogP contribution in [0.1, 0.15) is 31.2 Å². The topological polar surface area (TPSA) is 66.6 Å². The number of carbonyl (C=O) groups is 1. The number of hydrogen-bond acceptors (Lipinski definition) is 5. The zero-order valence-corrected chi connectivity index (χ0v) is 14.3. The Morgan fingerprint density at radius 1 is 1.52 bits per heavy atom. The number of piperidine rings is 1. The number of hydrogen-bond donors (Lipinski definition) is 1. The van der Waals surface area contributed by atoms with Gasteiger partial charge < -0.3 is 14.4 Å². The number of likely N-dealkylation sites (tertiary alicyclic amines) is 1. The van der Waals surface area contributed by atoms with E-state index in [0.29, 0.717) is 23.9 Å². The Morgan fingerprint density at radius 2 is 2.35 bits per heavy atom. The minimum absolute atomic E-state index is 0.0592. The molecule has 0 aliphatic carbocycles. The van der Waals surface area contributed by atoms with Crippen molar-refractivity contribution in [2.45, 2.75) is 39.2 Å². The van der Waals surface area contributed by atoms with Crippen molar-refractivity contribution in [2.24, 2.45) is 5.92 Å². The average Bonchev–Trinajstić information content (AvgIpc) is 3.18. The quantitative estimate of drug-likeness (QED) is 0.933. The summed E-state index contributed by atoms with van der Waals surface area (Å²) in [5, 5.41) is 13.3. The van der Waals surface area contributed by atoms with E-state index in [2.05, 4.69) is 11.9 Å². The van der Waals surface area contributed by atoms with Crippen molar-refractivity contribution >= 4 is 17.2 Å². The molecule has 2 unspecified atom stereocenters. The summed E-state index contributed by atoms with van der Waals surface area (Å²) in [6, 6.07) is 2.17. The molecule has 3 heterocycles. The zero-order chi connectivity index (χ0) is 16.4. The summed E-state index contributed by atoms with van der Waals surface area (Å²) in [6.45, 7) is 4.69. The van der Waals surface area contributed by atoms with Crippen LogP contribution in [0.4, 0.5) is 0 Å². The van der Waals surface area contributed by atoms with Crippen molar-refractivity contribution in [3.63, 3.8) is 0 Å². The number of aryl methyl sites for hydroxylation is 1. The molecule has 3 rings (SSSR count). The van der Waals surface area contributed by atoms with E-state index in [9.17, 15) is 9.90 Å². The summed E-state index contributed by atoms with van der Waals surface area (Å²) >= 11 is 1.59. The third-order valence-electron chi connectivity index (χ3n) is 4.54. The molecule has 1 aliphatic heterocycles. The third kappa shape index (κ3) is 3.48. The number of thiophene rings is 1. The highest BCUT2D eigenvalue weighted by atomic mass is 32.1. The van der Waals surface area contributed by atoms with Crippen LogP contribution >= 0.6 is 11.3 Å². The van der Waals surface area contributed by atoms with Gasteiger partial charge in [0.05, 0.1) is 12.1 Å². The molecule has 1 saturated heterocycles. The lowest BCUT2D eigenvalue weighted by Crippen LogP contribution is -2.47. The minimum atomic E-state index is 0.0592. The average molecular weight is 334 g/mol. The lowest BCUT2D eigenvalue weighted by atomic mass is 9.93. The van der Waals surface area contributed by atoms with Crippen LogP contribution in [0, 0.1) is 12.8 Å². The van der Waals surface area contributed by atoms with Crippen LogP contribution in [0.15, 0.2) is 21.2 Å². The Kier molecular flexibility index (Phi) is 4.82. The summed E-state index contributed by atoms with van der Waals surface area (Å²) in [7, 11) is 0. The zero-order valence-electron chi connectivity index (χ0n) is 13.5. The molecule has 0 spiro atoms.